The molecule has 6 rings (SSSR count). The van der Waals surface area contributed by atoms with Gasteiger partial charge in [-0.25, -0.2) is 4.68 Å². The standard InChI is InChI=1S/C33H27N5O3S/c1-3-20-41-28-15-10-23(11-16-28)12-19-30-34-33-38(35-30)32(39)29(42-33)21-25-22-37(26-8-6-5-7-9-26)36-31(25)24-13-17-27(18-14-24)40-4-2/h3,5-19,21-22H,1,4,20H2,2H3/b19-12+,29-21-. The molecule has 0 bridgehead atoms. The van der Waals surface area contributed by atoms with Gasteiger partial charge in [0.15, 0.2) is 5.82 Å². The fourth-order valence-corrected chi connectivity index (χ4v) is 5.27. The molecule has 3 heterocycles. The van der Waals surface area contributed by atoms with Crippen molar-refractivity contribution in [2.75, 3.05) is 13.2 Å². The first-order valence-corrected chi connectivity index (χ1v) is 14.2. The second-order valence-corrected chi connectivity index (χ2v) is 10.3. The van der Waals surface area contributed by atoms with Crippen molar-refractivity contribution in [3.8, 4) is 28.4 Å². The minimum Gasteiger partial charge on any atom is -0.494 e. The van der Waals surface area contributed by atoms with Gasteiger partial charge in [-0.15, -0.1) is 5.10 Å². The monoisotopic (exact) mass is 573 g/mol. The number of rotatable bonds is 10. The Kier molecular flexibility index (Phi) is 7.74. The summed E-state index contributed by atoms with van der Waals surface area (Å²) in [4.78, 5) is 18.4. The first-order valence-electron chi connectivity index (χ1n) is 13.4. The third kappa shape index (κ3) is 5.77. The average molecular weight is 574 g/mol. The third-order valence-electron chi connectivity index (χ3n) is 6.36. The van der Waals surface area contributed by atoms with Crippen molar-refractivity contribution in [1.29, 1.82) is 0 Å². The van der Waals surface area contributed by atoms with Crippen LogP contribution in [0.25, 0.3) is 40.1 Å². The molecule has 0 aliphatic heterocycles. The van der Waals surface area contributed by atoms with E-state index in [1.165, 1.54) is 15.9 Å². The number of aromatic nitrogens is 5. The van der Waals surface area contributed by atoms with Crippen LogP contribution in [0.15, 0.2) is 103 Å². The van der Waals surface area contributed by atoms with Crippen molar-refractivity contribution in [3.63, 3.8) is 0 Å². The lowest BCUT2D eigenvalue weighted by Crippen LogP contribution is -2.23. The molecule has 3 aromatic heterocycles. The maximum Gasteiger partial charge on any atom is 0.291 e. The molecule has 0 atom stereocenters. The number of nitrogens with zero attached hydrogens (tertiary/aromatic N) is 5. The van der Waals surface area contributed by atoms with Crippen molar-refractivity contribution >= 4 is 34.5 Å². The molecule has 0 fully saturated rings. The fourth-order valence-electron chi connectivity index (χ4n) is 4.37. The lowest BCUT2D eigenvalue weighted by atomic mass is 10.1. The van der Waals surface area contributed by atoms with Crippen LogP contribution in [0.1, 0.15) is 23.9 Å². The summed E-state index contributed by atoms with van der Waals surface area (Å²) < 4.78 is 14.8. The molecule has 6 aromatic rings. The molecule has 0 aliphatic rings. The van der Waals surface area contributed by atoms with E-state index in [0.717, 1.165) is 39.6 Å². The van der Waals surface area contributed by atoms with Gasteiger partial charge in [0.2, 0.25) is 4.96 Å². The van der Waals surface area contributed by atoms with Gasteiger partial charge in [-0.3, -0.25) is 4.79 Å². The van der Waals surface area contributed by atoms with Crippen LogP contribution in [0.2, 0.25) is 0 Å². The maximum absolute atomic E-state index is 13.3. The molecule has 0 N–H and O–H groups in total. The Balaban J connectivity index is 1.32. The van der Waals surface area contributed by atoms with Crippen LogP contribution in [0.4, 0.5) is 0 Å². The summed E-state index contributed by atoms with van der Waals surface area (Å²) in [7, 11) is 0. The Hall–Kier alpha value is -5.28. The van der Waals surface area contributed by atoms with E-state index in [0.29, 0.717) is 28.5 Å². The SMILES string of the molecule is C=CCOc1ccc(/C=C/c2nc3s/c(=C\c4cn(-c5ccccc5)nc4-c4ccc(OCC)cc4)c(=O)n3n2)cc1. The van der Waals surface area contributed by atoms with E-state index in [1.54, 1.807) is 12.2 Å². The number of fused-ring (bicyclic) bond motifs is 1. The van der Waals surface area contributed by atoms with Crippen molar-refractivity contribution in [1.82, 2.24) is 24.4 Å². The zero-order valence-corrected chi connectivity index (χ0v) is 23.7. The van der Waals surface area contributed by atoms with Gasteiger partial charge in [0.05, 0.1) is 16.8 Å². The summed E-state index contributed by atoms with van der Waals surface area (Å²) >= 11 is 1.29. The van der Waals surface area contributed by atoms with Crippen molar-refractivity contribution in [2.45, 2.75) is 6.92 Å². The van der Waals surface area contributed by atoms with E-state index >= 15 is 0 Å². The predicted octanol–water partition coefficient (Wildman–Crippen LogP) is 5.69. The highest BCUT2D eigenvalue weighted by molar-refractivity contribution is 7.15. The van der Waals surface area contributed by atoms with E-state index in [-0.39, 0.29) is 5.56 Å². The van der Waals surface area contributed by atoms with E-state index in [1.807, 2.05) is 109 Å². The normalized spacial score (nSPS) is 11.9. The molecule has 0 aliphatic carbocycles. The number of hydrogen-bond acceptors (Lipinski definition) is 7. The number of para-hydroxylation sites is 1. The van der Waals surface area contributed by atoms with Crippen molar-refractivity contribution in [2.24, 2.45) is 0 Å². The number of ether oxygens (including phenoxy) is 2. The van der Waals surface area contributed by atoms with Crippen LogP contribution in [0, 0.1) is 0 Å². The summed E-state index contributed by atoms with van der Waals surface area (Å²) in [6.45, 7) is 6.66. The van der Waals surface area contributed by atoms with Crippen LogP contribution >= 0.6 is 11.3 Å². The van der Waals surface area contributed by atoms with E-state index < -0.39 is 0 Å². The molecule has 0 saturated heterocycles. The Labute approximate surface area is 246 Å². The first kappa shape index (κ1) is 26.9. The smallest absolute Gasteiger partial charge is 0.291 e. The summed E-state index contributed by atoms with van der Waals surface area (Å²) in [5, 5.41) is 9.30. The fraction of sp³-hybridized carbons (Fsp3) is 0.0909. The average Bonchev–Trinajstić information content (AvgIpc) is 3.71. The first-order chi connectivity index (χ1) is 20.6. The van der Waals surface area contributed by atoms with Crippen LogP contribution < -0.4 is 19.6 Å². The maximum atomic E-state index is 13.3. The van der Waals surface area contributed by atoms with Gasteiger partial charge in [-0.05, 0) is 73.2 Å². The summed E-state index contributed by atoms with van der Waals surface area (Å²) in [5.74, 6) is 2.03. The quantitative estimate of drug-likeness (QED) is 0.196. The number of thiazole rings is 1. The van der Waals surface area contributed by atoms with Gasteiger partial charge in [0.1, 0.15) is 23.8 Å². The van der Waals surface area contributed by atoms with Gasteiger partial charge >= 0.3 is 0 Å². The Morgan fingerprint density at radius 2 is 1.64 bits per heavy atom. The molecule has 42 heavy (non-hydrogen) atoms. The highest BCUT2D eigenvalue weighted by Crippen LogP contribution is 2.26. The van der Waals surface area contributed by atoms with Crippen molar-refractivity contribution in [3.05, 3.63) is 130 Å². The molecular weight excluding hydrogens is 546 g/mol. The second-order valence-electron chi connectivity index (χ2n) is 9.25. The van der Waals surface area contributed by atoms with E-state index in [4.69, 9.17) is 14.6 Å². The molecule has 0 amide bonds. The summed E-state index contributed by atoms with van der Waals surface area (Å²) in [5.41, 5.74) is 4.14. The zero-order chi connectivity index (χ0) is 28.9. The number of hydrogen-bond donors (Lipinski definition) is 0. The zero-order valence-electron chi connectivity index (χ0n) is 22.9. The number of benzene rings is 3. The van der Waals surface area contributed by atoms with Crippen LogP contribution in [-0.2, 0) is 0 Å². The molecule has 0 radical (unpaired) electrons. The Morgan fingerprint density at radius 3 is 2.36 bits per heavy atom. The second kappa shape index (κ2) is 12.1. The Morgan fingerprint density at radius 1 is 0.905 bits per heavy atom. The van der Waals surface area contributed by atoms with Gasteiger partial charge in [-0.1, -0.05) is 60.4 Å². The molecule has 0 saturated carbocycles. The van der Waals surface area contributed by atoms with Gasteiger partial charge < -0.3 is 9.47 Å². The van der Waals surface area contributed by atoms with Gasteiger partial charge in [0, 0.05) is 17.3 Å². The molecule has 9 heteroatoms. The van der Waals surface area contributed by atoms with Gasteiger partial charge in [-0.2, -0.15) is 14.6 Å². The van der Waals surface area contributed by atoms with E-state index in [2.05, 4.69) is 16.7 Å². The minimum atomic E-state index is -0.226. The summed E-state index contributed by atoms with van der Waals surface area (Å²) in [6, 6.07) is 25.3. The summed E-state index contributed by atoms with van der Waals surface area (Å²) in [6.07, 6.45) is 9.17. The Bertz CT molecular complexity index is 1970. The highest BCUT2D eigenvalue weighted by Gasteiger charge is 2.14. The molecular formula is C33H27N5O3S. The molecule has 0 spiro atoms. The van der Waals surface area contributed by atoms with Crippen molar-refractivity contribution < 1.29 is 9.47 Å². The molecule has 3 aromatic carbocycles. The minimum absolute atomic E-state index is 0.226. The topological polar surface area (TPSA) is 83.5 Å². The van der Waals surface area contributed by atoms with Crippen LogP contribution in [0.3, 0.4) is 0 Å². The molecule has 8 nitrogen and oxygen atoms in total. The lowest BCUT2D eigenvalue weighted by Gasteiger charge is -2.04. The molecule has 208 valence electrons. The van der Waals surface area contributed by atoms with Gasteiger partial charge in [0.25, 0.3) is 5.56 Å². The van der Waals surface area contributed by atoms with Crippen LogP contribution in [0.5, 0.6) is 11.5 Å². The lowest BCUT2D eigenvalue weighted by molar-refractivity contribution is 0.340. The highest BCUT2D eigenvalue weighted by atomic mass is 32.1. The van der Waals surface area contributed by atoms with Crippen LogP contribution in [-0.4, -0.2) is 37.6 Å². The van der Waals surface area contributed by atoms with E-state index in [9.17, 15) is 4.79 Å². The largest absolute Gasteiger partial charge is 0.494 e. The predicted molar refractivity (Wildman–Crippen MR) is 167 cm³/mol. The third-order valence-corrected chi connectivity index (χ3v) is 7.32. The molecule has 0 unspecified atom stereocenters.